The molecule has 74 valence electrons. The van der Waals surface area contributed by atoms with Crippen LogP contribution < -0.4 is 0 Å². The van der Waals surface area contributed by atoms with E-state index in [1.165, 1.54) is 6.08 Å². The SMILES string of the molecule is C=C/C(C)=C(C)\C=C(/C)C(F)(F)F. The second-order valence-electron chi connectivity index (χ2n) is 2.90. The van der Waals surface area contributed by atoms with Crippen molar-refractivity contribution in [2.45, 2.75) is 26.9 Å². The number of hydrogen-bond donors (Lipinski definition) is 0. The van der Waals surface area contributed by atoms with Gasteiger partial charge < -0.3 is 0 Å². The molecule has 0 atom stereocenters. The summed E-state index contributed by atoms with van der Waals surface area (Å²) >= 11 is 0. The molecule has 0 aliphatic rings. The Kier molecular flexibility index (Phi) is 3.98. The van der Waals surface area contributed by atoms with E-state index in [1.54, 1.807) is 13.8 Å². The number of halogens is 3. The van der Waals surface area contributed by atoms with Gasteiger partial charge in [-0.1, -0.05) is 18.7 Å². The van der Waals surface area contributed by atoms with Crippen molar-refractivity contribution in [2.75, 3.05) is 0 Å². The predicted octanol–water partition coefficient (Wildman–Crippen LogP) is 4.02. The standard InChI is InChI=1S/C10H13F3/c1-5-7(2)8(3)6-9(4)10(11,12)13/h5-6H,1H2,2-4H3/b8-7-,9-6+. The molecule has 13 heavy (non-hydrogen) atoms. The third-order valence-corrected chi connectivity index (χ3v) is 1.81. The van der Waals surface area contributed by atoms with E-state index in [-0.39, 0.29) is 0 Å². The first-order valence-corrected chi connectivity index (χ1v) is 3.84. The Bertz CT molecular complexity index is 254. The van der Waals surface area contributed by atoms with Crippen LogP contribution in [0.15, 0.2) is 35.5 Å². The summed E-state index contributed by atoms with van der Waals surface area (Å²) in [6.45, 7) is 7.89. The van der Waals surface area contributed by atoms with Crippen molar-refractivity contribution in [3.05, 3.63) is 35.5 Å². The van der Waals surface area contributed by atoms with Crippen molar-refractivity contribution in [1.82, 2.24) is 0 Å². The van der Waals surface area contributed by atoms with Crippen molar-refractivity contribution in [3.63, 3.8) is 0 Å². The van der Waals surface area contributed by atoms with Crippen molar-refractivity contribution >= 4 is 0 Å². The molecule has 0 unspecified atom stereocenters. The minimum Gasteiger partial charge on any atom is -0.166 e. The van der Waals surface area contributed by atoms with Gasteiger partial charge in [-0.3, -0.25) is 0 Å². The molecule has 0 rings (SSSR count). The van der Waals surface area contributed by atoms with E-state index >= 15 is 0 Å². The quantitative estimate of drug-likeness (QED) is 0.577. The van der Waals surface area contributed by atoms with Crippen molar-refractivity contribution in [3.8, 4) is 0 Å². The van der Waals surface area contributed by atoms with E-state index in [0.29, 0.717) is 5.57 Å². The highest BCUT2D eigenvalue weighted by molar-refractivity contribution is 5.32. The van der Waals surface area contributed by atoms with Gasteiger partial charge in [0.1, 0.15) is 0 Å². The van der Waals surface area contributed by atoms with Crippen LogP contribution in [-0.2, 0) is 0 Å². The Morgan fingerprint density at radius 2 is 1.54 bits per heavy atom. The minimum atomic E-state index is -4.23. The monoisotopic (exact) mass is 190 g/mol. The van der Waals surface area contributed by atoms with E-state index in [9.17, 15) is 13.2 Å². The lowest BCUT2D eigenvalue weighted by molar-refractivity contribution is -0.0913. The van der Waals surface area contributed by atoms with Crippen LogP contribution in [0.5, 0.6) is 0 Å². The zero-order valence-electron chi connectivity index (χ0n) is 8.00. The maximum Gasteiger partial charge on any atom is 0.412 e. The second kappa shape index (κ2) is 4.30. The molecule has 0 amide bonds. The van der Waals surface area contributed by atoms with Gasteiger partial charge >= 0.3 is 6.18 Å². The van der Waals surface area contributed by atoms with Crippen molar-refractivity contribution in [1.29, 1.82) is 0 Å². The summed E-state index contributed by atoms with van der Waals surface area (Å²) in [6, 6.07) is 0. The average Bonchev–Trinajstić information content (AvgIpc) is 2.01. The third kappa shape index (κ3) is 3.97. The van der Waals surface area contributed by atoms with Crippen LogP contribution in [0.2, 0.25) is 0 Å². The molecule has 3 heteroatoms. The molecule has 0 fully saturated rings. The number of allylic oxidation sites excluding steroid dienone is 5. The van der Waals surface area contributed by atoms with Gasteiger partial charge in [-0.15, -0.1) is 0 Å². The number of alkyl halides is 3. The van der Waals surface area contributed by atoms with Crippen LogP contribution in [0, 0.1) is 0 Å². The highest BCUT2D eigenvalue weighted by Crippen LogP contribution is 2.26. The van der Waals surface area contributed by atoms with Gasteiger partial charge in [-0.25, -0.2) is 0 Å². The molecule has 0 heterocycles. The Hall–Kier alpha value is -0.990. The fourth-order valence-electron chi connectivity index (χ4n) is 0.681. The molecule has 0 N–H and O–H groups in total. The van der Waals surface area contributed by atoms with E-state index in [4.69, 9.17) is 0 Å². The van der Waals surface area contributed by atoms with Gasteiger partial charge in [0, 0.05) is 5.57 Å². The summed E-state index contributed by atoms with van der Waals surface area (Å²) in [5, 5.41) is 0. The van der Waals surface area contributed by atoms with E-state index in [0.717, 1.165) is 18.6 Å². The minimum absolute atomic E-state index is 0.588. The van der Waals surface area contributed by atoms with E-state index < -0.39 is 11.7 Å². The smallest absolute Gasteiger partial charge is 0.166 e. The summed E-state index contributed by atoms with van der Waals surface area (Å²) in [5.74, 6) is 0. The van der Waals surface area contributed by atoms with Gasteiger partial charge in [-0.2, -0.15) is 13.2 Å². The molecule has 0 aliphatic carbocycles. The molecule has 0 radical (unpaired) electrons. The van der Waals surface area contributed by atoms with Gasteiger partial charge in [0.05, 0.1) is 0 Å². The fourth-order valence-corrected chi connectivity index (χ4v) is 0.681. The molecule has 0 nitrogen and oxygen atoms in total. The molecular weight excluding hydrogens is 177 g/mol. The van der Waals surface area contributed by atoms with Crippen LogP contribution in [0.1, 0.15) is 20.8 Å². The van der Waals surface area contributed by atoms with E-state index in [2.05, 4.69) is 6.58 Å². The Morgan fingerprint density at radius 3 is 1.85 bits per heavy atom. The zero-order chi connectivity index (χ0) is 10.6. The summed E-state index contributed by atoms with van der Waals surface area (Å²) in [7, 11) is 0. The Morgan fingerprint density at radius 1 is 1.08 bits per heavy atom. The molecular formula is C10H13F3. The van der Waals surface area contributed by atoms with Gasteiger partial charge in [0.15, 0.2) is 0 Å². The van der Waals surface area contributed by atoms with Gasteiger partial charge in [0.25, 0.3) is 0 Å². The number of hydrogen-bond acceptors (Lipinski definition) is 0. The lowest BCUT2D eigenvalue weighted by atomic mass is 10.1. The normalized spacial score (nSPS) is 15.4. The Labute approximate surface area is 76.5 Å². The molecule has 0 saturated heterocycles. The highest BCUT2D eigenvalue weighted by atomic mass is 19.4. The Balaban J connectivity index is 4.87. The van der Waals surface area contributed by atoms with Crippen LogP contribution in [-0.4, -0.2) is 6.18 Å². The molecule has 0 aromatic carbocycles. The summed E-state index contributed by atoms with van der Waals surface area (Å²) < 4.78 is 36.2. The molecule has 0 aromatic rings. The molecule has 0 bridgehead atoms. The summed E-state index contributed by atoms with van der Waals surface area (Å²) in [6.07, 6.45) is -1.57. The van der Waals surface area contributed by atoms with Crippen LogP contribution in [0.25, 0.3) is 0 Å². The second-order valence-corrected chi connectivity index (χ2v) is 2.90. The lowest BCUT2D eigenvalue weighted by Crippen LogP contribution is -2.08. The largest absolute Gasteiger partial charge is 0.412 e. The van der Waals surface area contributed by atoms with Gasteiger partial charge in [0.2, 0.25) is 0 Å². The van der Waals surface area contributed by atoms with E-state index in [1.807, 2.05) is 0 Å². The molecule has 0 aliphatic heterocycles. The molecule has 0 saturated carbocycles. The van der Waals surface area contributed by atoms with Gasteiger partial charge in [-0.05, 0) is 31.9 Å². The lowest BCUT2D eigenvalue weighted by Gasteiger charge is -2.07. The third-order valence-electron chi connectivity index (χ3n) is 1.81. The summed E-state index contributed by atoms with van der Waals surface area (Å²) in [5.41, 5.74) is 0.750. The number of rotatable bonds is 2. The maximum absolute atomic E-state index is 12.1. The highest BCUT2D eigenvalue weighted by Gasteiger charge is 2.29. The average molecular weight is 190 g/mol. The summed E-state index contributed by atoms with van der Waals surface area (Å²) in [4.78, 5) is 0. The van der Waals surface area contributed by atoms with Crippen molar-refractivity contribution < 1.29 is 13.2 Å². The maximum atomic E-state index is 12.1. The first-order valence-electron chi connectivity index (χ1n) is 3.84. The molecule has 0 aromatic heterocycles. The van der Waals surface area contributed by atoms with Crippen molar-refractivity contribution in [2.24, 2.45) is 0 Å². The van der Waals surface area contributed by atoms with Crippen LogP contribution in [0.3, 0.4) is 0 Å². The first-order chi connectivity index (χ1) is 5.79. The fraction of sp³-hybridized carbons (Fsp3) is 0.400. The first kappa shape index (κ1) is 12.0. The zero-order valence-corrected chi connectivity index (χ0v) is 8.00. The predicted molar refractivity (Wildman–Crippen MR) is 48.4 cm³/mol. The topological polar surface area (TPSA) is 0 Å². The van der Waals surface area contributed by atoms with Crippen LogP contribution in [0.4, 0.5) is 13.2 Å². The van der Waals surface area contributed by atoms with Crippen LogP contribution >= 0.6 is 0 Å². The molecule has 0 spiro atoms.